The van der Waals surface area contributed by atoms with Crippen molar-refractivity contribution in [2.75, 3.05) is 13.2 Å². The quantitative estimate of drug-likeness (QED) is 0.264. The fourth-order valence-corrected chi connectivity index (χ4v) is 5.03. The Balaban J connectivity index is 0.981. The average Bonchev–Trinajstić information content (AvgIpc) is 3.57. The first-order valence-corrected chi connectivity index (χ1v) is 13.6. The highest BCUT2D eigenvalue weighted by atomic mass is 16.5. The van der Waals surface area contributed by atoms with Crippen molar-refractivity contribution in [1.82, 2.24) is 30.3 Å². The molecule has 2 aliphatic heterocycles. The number of aromatic nitrogens is 3. The number of carbonyl (C=O) groups is 4. The molecule has 40 heavy (non-hydrogen) atoms. The molecule has 1 atom stereocenters. The summed E-state index contributed by atoms with van der Waals surface area (Å²) in [6, 6.07) is 12.3. The van der Waals surface area contributed by atoms with E-state index in [-0.39, 0.29) is 24.1 Å². The van der Waals surface area contributed by atoms with Gasteiger partial charge in [0, 0.05) is 30.6 Å². The maximum absolute atomic E-state index is 12.8. The Hall–Kier alpha value is -4.54. The minimum atomic E-state index is -0.623. The molecule has 3 aromatic rings. The summed E-state index contributed by atoms with van der Waals surface area (Å²) in [5, 5.41) is 9.40. The van der Waals surface area contributed by atoms with Crippen LogP contribution in [0, 0.1) is 0 Å². The second-order valence-corrected chi connectivity index (χ2v) is 10.0. The first-order valence-electron chi connectivity index (χ1n) is 13.6. The molecule has 4 amide bonds. The average molecular weight is 545 g/mol. The van der Waals surface area contributed by atoms with Gasteiger partial charge in [0.1, 0.15) is 24.4 Å². The number of ether oxygens (including phenoxy) is 1. The monoisotopic (exact) mass is 544 g/mol. The molecule has 2 aromatic carbocycles. The van der Waals surface area contributed by atoms with Gasteiger partial charge in [-0.1, -0.05) is 25.0 Å². The van der Waals surface area contributed by atoms with Gasteiger partial charge in [0.05, 0.1) is 13.2 Å². The van der Waals surface area contributed by atoms with Crippen LogP contribution in [0.15, 0.2) is 55.1 Å². The van der Waals surface area contributed by atoms with Gasteiger partial charge in [0.2, 0.25) is 11.8 Å². The van der Waals surface area contributed by atoms with Crippen LogP contribution in [0.4, 0.5) is 0 Å². The van der Waals surface area contributed by atoms with Gasteiger partial charge in [-0.25, -0.2) is 9.67 Å². The van der Waals surface area contributed by atoms with Crippen LogP contribution in [0.25, 0.3) is 0 Å². The number of nitrogens with zero attached hydrogens (tertiary/aromatic N) is 4. The minimum Gasteiger partial charge on any atom is -0.494 e. The molecule has 3 heterocycles. The van der Waals surface area contributed by atoms with Gasteiger partial charge in [0.25, 0.3) is 11.8 Å². The highest BCUT2D eigenvalue weighted by molar-refractivity contribution is 6.05. The Bertz CT molecular complexity index is 1390. The number of hydrogen-bond donors (Lipinski definition) is 2. The summed E-state index contributed by atoms with van der Waals surface area (Å²) in [7, 11) is 0. The fraction of sp³-hybridized carbons (Fsp3) is 0.379. The zero-order chi connectivity index (χ0) is 27.9. The molecule has 0 bridgehead atoms. The zero-order valence-electron chi connectivity index (χ0n) is 22.2. The third-order valence-electron chi connectivity index (χ3n) is 7.12. The van der Waals surface area contributed by atoms with E-state index < -0.39 is 11.9 Å². The Labute approximate surface area is 231 Å². The van der Waals surface area contributed by atoms with Gasteiger partial charge in [-0.15, -0.1) is 0 Å². The molecule has 1 unspecified atom stereocenters. The topological polar surface area (TPSA) is 136 Å². The van der Waals surface area contributed by atoms with Crippen LogP contribution in [0.3, 0.4) is 0 Å². The van der Waals surface area contributed by atoms with Crippen molar-refractivity contribution >= 4 is 23.6 Å². The predicted octanol–water partition coefficient (Wildman–Crippen LogP) is 2.46. The normalized spacial score (nSPS) is 16.6. The number of carbonyl (C=O) groups excluding carboxylic acids is 4. The number of nitrogens with one attached hydrogen (secondary N) is 2. The highest BCUT2D eigenvalue weighted by Crippen LogP contribution is 2.30. The highest BCUT2D eigenvalue weighted by Gasteiger charge is 2.39. The number of rotatable bonds is 12. The van der Waals surface area contributed by atoms with E-state index in [4.69, 9.17) is 4.74 Å². The summed E-state index contributed by atoms with van der Waals surface area (Å²) in [6.07, 6.45) is 7.39. The van der Waals surface area contributed by atoms with E-state index in [9.17, 15) is 19.2 Å². The van der Waals surface area contributed by atoms with Gasteiger partial charge >= 0.3 is 0 Å². The maximum atomic E-state index is 12.8. The Morgan fingerprint density at radius 1 is 1.07 bits per heavy atom. The fourth-order valence-electron chi connectivity index (χ4n) is 5.03. The number of unbranched alkanes of at least 4 members (excludes halogenated alkanes) is 3. The molecule has 0 saturated carbocycles. The number of amides is 4. The first kappa shape index (κ1) is 27.0. The predicted molar refractivity (Wildman–Crippen MR) is 144 cm³/mol. The number of piperidine rings is 1. The second-order valence-electron chi connectivity index (χ2n) is 10.0. The molecule has 5 rings (SSSR count). The van der Waals surface area contributed by atoms with Crippen LogP contribution in [-0.2, 0) is 22.7 Å². The van der Waals surface area contributed by atoms with Crippen molar-refractivity contribution in [3.8, 4) is 5.75 Å². The summed E-state index contributed by atoms with van der Waals surface area (Å²) in [5.41, 5.74) is 3.01. The number of hydrogen-bond acceptors (Lipinski definition) is 7. The smallest absolute Gasteiger partial charge is 0.255 e. The molecule has 0 aliphatic carbocycles. The third kappa shape index (κ3) is 6.53. The summed E-state index contributed by atoms with van der Waals surface area (Å²) in [6.45, 7) is 2.05. The van der Waals surface area contributed by atoms with Gasteiger partial charge in [-0.05, 0) is 60.7 Å². The number of benzene rings is 2. The Morgan fingerprint density at radius 2 is 1.95 bits per heavy atom. The molecule has 1 fully saturated rings. The SMILES string of the molecule is O=C1CCC(N2Cc3cc(OCCCCCCNC(=O)c4cccc(Cn5cncn5)c4)ccc3C2=O)C(=O)N1. The van der Waals surface area contributed by atoms with Crippen molar-refractivity contribution < 1.29 is 23.9 Å². The standard InChI is InChI=1S/C29H32N6O5/c36-26-11-10-25(28(38)33-26)35-17-22-15-23(8-9-24(22)29(35)39)40-13-4-2-1-3-12-31-27(37)21-7-5-6-20(14-21)16-34-19-30-18-32-34/h5-9,14-15,18-19,25H,1-4,10-13,16-17H2,(H,31,37)(H,33,36,38). The minimum absolute atomic E-state index is 0.0879. The number of fused-ring (bicyclic) bond motifs is 1. The molecule has 2 aliphatic rings. The second kappa shape index (κ2) is 12.5. The maximum Gasteiger partial charge on any atom is 0.255 e. The van der Waals surface area contributed by atoms with Gasteiger partial charge in [0.15, 0.2) is 0 Å². The van der Waals surface area contributed by atoms with E-state index in [0.717, 1.165) is 36.8 Å². The lowest BCUT2D eigenvalue weighted by Gasteiger charge is -2.29. The van der Waals surface area contributed by atoms with Crippen molar-refractivity contribution in [3.63, 3.8) is 0 Å². The Kier molecular flexibility index (Phi) is 8.48. The molecule has 0 spiro atoms. The van der Waals surface area contributed by atoms with E-state index in [1.807, 2.05) is 24.3 Å². The largest absolute Gasteiger partial charge is 0.494 e. The van der Waals surface area contributed by atoms with Crippen molar-refractivity contribution in [1.29, 1.82) is 0 Å². The molecule has 11 nitrogen and oxygen atoms in total. The van der Waals surface area contributed by atoms with Crippen molar-refractivity contribution in [2.24, 2.45) is 0 Å². The molecule has 2 N–H and O–H groups in total. The molecule has 208 valence electrons. The molecular weight excluding hydrogens is 512 g/mol. The lowest BCUT2D eigenvalue weighted by Crippen LogP contribution is -2.52. The molecule has 1 saturated heterocycles. The van der Waals surface area contributed by atoms with E-state index in [1.54, 1.807) is 29.2 Å². The van der Waals surface area contributed by atoms with E-state index in [2.05, 4.69) is 20.7 Å². The van der Waals surface area contributed by atoms with Crippen LogP contribution >= 0.6 is 0 Å². The molecule has 11 heteroatoms. The van der Waals surface area contributed by atoms with Crippen LogP contribution < -0.4 is 15.4 Å². The summed E-state index contributed by atoms with van der Waals surface area (Å²) >= 11 is 0. The van der Waals surface area contributed by atoms with Gasteiger partial charge in [-0.2, -0.15) is 5.10 Å². The van der Waals surface area contributed by atoms with E-state index in [1.165, 1.54) is 11.2 Å². The van der Waals surface area contributed by atoms with E-state index in [0.29, 0.717) is 49.5 Å². The lowest BCUT2D eigenvalue weighted by atomic mass is 10.0. The van der Waals surface area contributed by atoms with Crippen molar-refractivity contribution in [3.05, 3.63) is 77.4 Å². The summed E-state index contributed by atoms with van der Waals surface area (Å²) < 4.78 is 7.61. The zero-order valence-corrected chi connectivity index (χ0v) is 22.2. The molecular formula is C29H32N6O5. The Morgan fingerprint density at radius 3 is 2.77 bits per heavy atom. The van der Waals surface area contributed by atoms with Gasteiger partial charge < -0.3 is 15.0 Å². The van der Waals surface area contributed by atoms with Crippen LogP contribution in [-0.4, -0.2) is 62.5 Å². The van der Waals surface area contributed by atoms with Crippen LogP contribution in [0.2, 0.25) is 0 Å². The molecule has 1 aromatic heterocycles. The van der Waals surface area contributed by atoms with Gasteiger partial charge in [-0.3, -0.25) is 24.5 Å². The van der Waals surface area contributed by atoms with Crippen LogP contribution in [0.1, 0.15) is 70.4 Å². The van der Waals surface area contributed by atoms with Crippen LogP contribution in [0.5, 0.6) is 5.75 Å². The van der Waals surface area contributed by atoms with E-state index >= 15 is 0 Å². The molecule has 0 radical (unpaired) electrons. The number of imide groups is 1. The first-order chi connectivity index (χ1) is 19.5. The third-order valence-corrected chi connectivity index (χ3v) is 7.12. The van der Waals surface area contributed by atoms with Crippen molar-refractivity contribution in [2.45, 2.75) is 57.7 Å². The summed E-state index contributed by atoms with van der Waals surface area (Å²) in [5.74, 6) is -0.304. The summed E-state index contributed by atoms with van der Waals surface area (Å²) in [4.78, 5) is 54.4. The lowest BCUT2D eigenvalue weighted by molar-refractivity contribution is -0.136.